The molecule has 2 unspecified atom stereocenters. The molecule has 0 heterocycles. The van der Waals surface area contributed by atoms with Crippen LogP contribution in [0, 0.1) is 5.92 Å². The van der Waals surface area contributed by atoms with Gasteiger partial charge >= 0.3 is 0 Å². The van der Waals surface area contributed by atoms with Gasteiger partial charge in [0.15, 0.2) is 0 Å². The van der Waals surface area contributed by atoms with E-state index in [0.717, 1.165) is 19.4 Å². The Bertz CT molecular complexity index is 181. The summed E-state index contributed by atoms with van der Waals surface area (Å²) in [4.78, 5) is 0. The highest BCUT2D eigenvalue weighted by Crippen LogP contribution is 2.06. The minimum atomic E-state index is 0.141. The first-order valence-corrected chi connectivity index (χ1v) is 7.30. The number of ether oxygens (including phenoxy) is 3. The van der Waals surface area contributed by atoms with Crippen molar-refractivity contribution in [1.82, 2.24) is 0 Å². The van der Waals surface area contributed by atoms with E-state index >= 15 is 0 Å². The third kappa shape index (κ3) is 11.0. The molecule has 0 saturated heterocycles. The summed E-state index contributed by atoms with van der Waals surface area (Å²) in [6.07, 6.45) is 2.70. The Morgan fingerprint density at radius 2 is 1.61 bits per heavy atom. The highest BCUT2D eigenvalue weighted by Gasteiger charge is 2.11. The van der Waals surface area contributed by atoms with Crippen LogP contribution < -0.4 is 0 Å². The minimum Gasteiger partial charge on any atom is -0.379 e. The van der Waals surface area contributed by atoms with Gasteiger partial charge in [0.25, 0.3) is 0 Å². The molecule has 0 rings (SSSR count). The van der Waals surface area contributed by atoms with Gasteiger partial charge in [0.2, 0.25) is 0 Å². The van der Waals surface area contributed by atoms with Gasteiger partial charge in [-0.25, -0.2) is 0 Å². The van der Waals surface area contributed by atoms with E-state index in [1.54, 1.807) is 0 Å². The van der Waals surface area contributed by atoms with E-state index in [1.165, 1.54) is 0 Å². The van der Waals surface area contributed by atoms with Gasteiger partial charge < -0.3 is 14.2 Å². The lowest BCUT2D eigenvalue weighted by Gasteiger charge is -2.21. The van der Waals surface area contributed by atoms with Crippen LogP contribution in [-0.2, 0) is 14.2 Å². The summed E-state index contributed by atoms with van der Waals surface area (Å²) in [5.41, 5.74) is 0. The second-order valence-corrected chi connectivity index (χ2v) is 5.62. The maximum atomic E-state index is 5.75. The van der Waals surface area contributed by atoms with Gasteiger partial charge in [0.1, 0.15) is 0 Å². The Kier molecular flexibility index (Phi) is 10.7. The first kappa shape index (κ1) is 17.9. The van der Waals surface area contributed by atoms with E-state index in [9.17, 15) is 0 Å². The number of hydrogen-bond donors (Lipinski definition) is 0. The monoisotopic (exact) mass is 260 g/mol. The molecule has 0 aromatic heterocycles. The second-order valence-electron chi connectivity index (χ2n) is 5.62. The summed E-state index contributed by atoms with van der Waals surface area (Å²) >= 11 is 0. The fourth-order valence-corrected chi connectivity index (χ4v) is 1.53. The molecule has 0 aliphatic rings. The average Bonchev–Trinajstić information content (AvgIpc) is 2.29. The van der Waals surface area contributed by atoms with Gasteiger partial charge in [-0.3, -0.25) is 0 Å². The lowest BCUT2D eigenvalue weighted by molar-refractivity contribution is -0.0793. The van der Waals surface area contributed by atoms with Crippen LogP contribution in [0.25, 0.3) is 0 Å². The first-order chi connectivity index (χ1) is 8.45. The van der Waals surface area contributed by atoms with Crippen molar-refractivity contribution in [3.63, 3.8) is 0 Å². The molecule has 3 nitrogen and oxygen atoms in total. The van der Waals surface area contributed by atoms with Crippen LogP contribution in [0.1, 0.15) is 54.4 Å². The largest absolute Gasteiger partial charge is 0.379 e. The lowest BCUT2D eigenvalue weighted by Crippen LogP contribution is -2.27. The van der Waals surface area contributed by atoms with Gasteiger partial charge in [0.05, 0.1) is 31.5 Å². The highest BCUT2D eigenvalue weighted by atomic mass is 16.6. The van der Waals surface area contributed by atoms with Gasteiger partial charge in [-0.05, 0) is 39.5 Å². The summed E-state index contributed by atoms with van der Waals surface area (Å²) in [5, 5.41) is 0. The molecular weight excluding hydrogens is 228 g/mol. The third-order valence-electron chi connectivity index (χ3n) is 2.68. The fraction of sp³-hybridized carbons (Fsp3) is 1.00. The fourth-order valence-electron chi connectivity index (χ4n) is 1.53. The van der Waals surface area contributed by atoms with Crippen molar-refractivity contribution in [2.45, 2.75) is 72.7 Å². The Morgan fingerprint density at radius 3 is 2.11 bits per heavy atom. The van der Waals surface area contributed by atoms with Crippen molar-refractivity contribution in [3.05, 3.63) is 0 Å². The molecule has 0 spiro atoms. The Morgan fingerprint density at radius 1 is 0.944 bits per heavy atom. The summed E-state index contributed by atoms with van der Waals surface area (Å²) < 4.78 is 17.1. The van der Waals surface area contributed by atoms with E-state index in [0.29, 0.717) is 19.1 Å². The van der Waals surface area contributed by atoms with Gasteiger partial charge in [0, 0.05) is 6.61 Å². The first-order valence-electron chi connectivity index (χ1n) is 7.30. The number of rotatable bonds is 11. The molecule has 3 heteroatoms. The third-order valence-corrected chi connectivity index (χ3v) is 2.68. The highest BCUT2D eigenvalue weighted by molar-refractivity contribution is 4.58. The molecule has 0 saturated carbocycles. The zero-order chi connectivity index (χ0) is 14.0. The summed E-state index contributed by atoms with van der Waals surface area (Å²) in [6.45, 7) is 14.9. The van der Waals surface area contributed by atoms with Crippen molar-refractivity contribution in [1.29, 1.82) is 0 Å². The van der Waals surface area contributed by atoms with Crippen LogP contribution in [0.5, 0.6) is 0 Å². The molecule has 0 aromatic carbocycles. The van der Waals surface area contributed by atoms with Crippen LogP contribution in [0.2, 0.25) is 0 Å². The minimum absolute atomic E-state index is 0.141. The molecule has 0 fully saturated rings. The van der Waals surface area contributed by atoms with Crippen molar-refractivity contribution >= 4 is 0 Å². The summed E-state index contributed by atoms with van der Waals surface area (Å²) in [7, 11) is 0. The molecule has 2 atom stereocenters. The van der Waals surface area contributed by atoms with Crippen LogP contribution >= 0.6 is 0 Å². The normalized spacial score (nSPS) is 15.3. The second kappa shape index (κ2) is 10.8. The zero-order valence-corrected chi connectivity index (χ0v) is 13.1. The summed E-state index contributed by atoms with van der Waals surface area (Å²) in [6, 6.07) is 0. The quantitative estimate of drug-likeness (QED) is 0.531. The van der Waals surface area contributed by atoms with Crippen molar-refractivity contribution in [2.75, 3.05) is 19.8 Å². The Balaban J connectivity index is 3.58. The van der Waals surface area contributed by atoms with Crippen LogP contribution in [-0.4, -0.2) is 38.1 Å². The molecule has 110 valence electrons. The number of hydrogen-bond acceptors (Lipinski definition) is 3. The van der Waals surface area contributed by atoms with Crippen LogP contribution in [0.4, 0.5) is 0 Å². The van der Waals surface area contributed by atoms with Crippen LogP contribution in [0.3, 0.4) is 0 Å². The molecule has 0 amide bonds. The topological polar surface area (TPSA) is 27.7 Å². The maximum Gasteiger partial charge on any atom is 0.0809 e. The van der Waals surface area contributed by atoms with Gasteiger partial charge in [-0.2, -0.15) is 0 Å². The molecule has 18 heavy (non-hydrogen) atoms. The van der Waals surface area contributed by atoms with Crippen molar-refractivity contribution in [2.24, 2.45) is 5.92 Å². The van der Waals surface area contributed by atoms with E-state index in [-0.39, 0.29) is 18.3 Å². The van der Waals surface area contributed by atoms with Crippen molar-refractivity contribution in [3.8, 4) is 0 Å². The van der Waals surface area contributed by atoms with Crippen molar-refractivity contribution < 1.29 is 14.2 Å². The Hall–Kier alpha value is -0.120. The molecule has 0 aliphatic carbocycles. The maximum absolute atomic E-state index is 5.75. The predicted octanol–water partition coefficient (Wildman–Crippen LogP) is 3.66. The molecule has 0 radical (unpaired) electrons. The molecule has 0 aliphatic heterocycles. The molecule has 0 N–H and O–H groups in total. The van der Waals surface area contributed by atoms with E-state index < -0.39 is 0 Å². The van der Waals surface area contributed by atoms with E-state index in [2.05, 4.69) is 41.5 Å². The SMILES string of the molecule is CCC(COC(C)COCCC(C)C)OC(C)C. The van der Waals surface area contributed by atoms with E-state index in [1.807, 2.05) is 0 Å². The smallest absolute Gasteiger partial charge is 0.0809 e. The molecule has 0 aromatic rings. The van der Waals surface area contributed by atoms with Gasteiger partial charge in [-0.15, -0.1) is 0 Å². The van der Waals surface area contributed by atoms with Gasteiger partial charge in [-0.1, -0.05) is 20.8 Å². The Labute approximate surface area is 113 Å². The molecular formula is C15H32O3. The standard InChI is InChI=1S/C15H32O3/c1-7-15(18-13(4)5)11-17-14(6)10-16-9-8-12(2)3/h12-15H,7-11H2,1-6H3. The average molecular weight is 260 g/mol. The van der Waals surface area contributed by atoms with E-state index in [4.69, 9.17) is 14.2 Å². The molecule has 0 bridgehead atoms. The zero-order valence-electron chi connectivity index (χ0n) is 13.1. The van der Waals surface area contributed by atoms with Crippen LogP contribution in [0.15, 0.2) is 0 Å². The predicted molar refractivity (Wildman–Crippen MR) is 76.0 cm³/mol. The summed E-state index contributed by atoms with van der Waals surface area (Å²) in [5.74, 6) is 0.699. The lowest BCUT2D eigenvalue weighted by atomic mass is 10.1.